The van der Waals surface area contributed by atoms with Crippen molar-refractivity contribution in [3.05, 3.63) is 59.9 Å². The van der Waals surface area contributed by atoms with E-state index in [1.165, 1.54) is 18.2 Å². The topological polar surface area (TPSA) is 37.3 Å². The minimum absolute atomic E-state index is 0.107. The van der Waals surface area contributed by atoms with Crippen LogP contribution in [-0.4, -0.2) is 11.1 Å². The highest BCUT2D eigenvalue weighted by Gasteiger charge is 2.09. The molecule has 2 rings (SSSR count). The quantitative estimate of drug-likeness (QED) is 0.879. The van der Waals surface area contributed by atoms with E-state index in [0.29, 0.717) is 11.1 Å². The number of carboxylic acid groups (broad SMARTS) is 1. The van der Waals surface area contributed by atoms with Crippen molar-refractivity contribution in [2.45, 2.75) is 6.42 Å². The lowest BCUT2D eigenvalue weighted by Crippen LogP contribution is -2.02. The van der Waals surface area contributed by atoms with Crippen molar-refractivity contribution in [1.82, 2.24) is 0 Å². The molecule has 2 nitrogen and oxygen atoms in total. The fourth-order valence-electron chi connectivity index (χ4n) is 1.75. The summed E-state index contributed by atoms with van der Waals surface area (Å²) in [5.74, 6) is -1.29. The minimum Gasteiger partial charge on any atom is -0.481 e. The molecule has 0 fully saturated rings. The molecule has 0 spiro atoms. The maximum absolute atomic E-state index is 13.2. The van der Waals surface area contributed by atoms with E-state index in [0.717, 1.165) is 5.56 Å². The van der Waals surface area contributed by atoms with Crippen LogP contribution in [0.3, 0.4) is 0 Å². The van der Waals surface area contributed by atoms with E-state index in [-0.39, 0.29) is 12.2 Å². The summed E-state index contributed by atoms with van der Waals surface area (Å²) in [7, 11) is 0. The Morgan fingerprint density at radius 1 is 1.12 bits per heavy atom. The first kappa shape index (κ1) is 11.3. The SMILES string of the molecule is O=C(O)Cc1ccc(F)cc1-c1ccccc1. The van der Waals surface area contributed by atoms with Crippen molar-refractivity contribution in [2.75, 3.05) is 0 Å². The van der Waals surface area contributed by atoms with Crippen LogP contribution >= 0.6 is 0 Å². The molecule has 17 heavy (non-hydrogen) atoms. The Morgan fingerprint density at radius 2 is 1.82 bits per heavy atom. The number of hydrogen-bond acceptors (Lipinski definition) is 1. The summed E-state index contributed by atoms with van der Waals surface area (Å²) in [6.07, 6.45) is -0.107. The molecule has 0 atom stereocenters. The molecule has 0 saturated carbocycles. The molecule has 0 aliphatic carbocycles. The van der Waals surface area contributed by atoms with Crippen LogP contribution in [0.15, 0.2) is 48.5 Å². The Bertz CT molecular complexity index is 535. The molecule has 0 saturated heterocycles. The summed E-state index contributed by atoms with van der Waals surface area (Å²) in [5.41, 5.74) is 2.07. The summed E-state index contributed by atoms with van der Waals surface area (Å²) >= 11 is 0. The number of aliphatic carboxylic acids is 1. The zero-order chi connectivity index (χ0) is 12.3. The predicted molar refractivity (Wildman–Crippen MR) is 63.2 cm³/mol. The molecule has 0 aliphatic rings. The maximum Gasteiger partial charge on any atom is 0.307 e. The van der Waals surface area contributed by atoms with Gasteiger partial charge in [0.25, 0.3) is 0 Å². The van der Waals surface area contributed by atoms with Gasteiger partial charge in [0, 0.05) is 0 Å². The van der Waals surface area contributed by atoms with Crippen LogP contribution in [0.5, 0.6) is 0 Å². The second-order valence-corrected chi connectivity index (χ2v) is 3.74. The molecule has 0 unspecified atom stereocenters. The summed E-state index contributed by atoms with van der Waals surface area (Å²) in [4.78, 5) is 10.7. The highest BCUT2D eigenvalue weighted by atomic mass is 19.1. The van der Waals surface area contributed by atoms with Crippen LogP contribution < -0.4 is 0 Å². The molecule has 0 amide bonds. The Hall–Kier alpha value is -2.16. The van der Waals surface area contributed by atoms with Gasteiger partial charge in [0.2, 0.25) is 0 Å². The first-order valence-corrected chi connectivity index (χ1v) is 5.22. The second-order valence-electron chi connectivity index (χ2n) is 3.74. The van der Waals surface area contributed by atoms with Crippen LogP contribution in [0.4, 0.5) is 4.39 Å². The lowest BCUT2D eigenvalue weighted by atomic mass is 9.97. The van der Waals surface area contributed by atoms with Gasteiger partial charge in [0.15, 0.2) is 0 Å². The first-order valence-electron chi connectivity index (χ1n) is 5.22. The Labute approximate surface area is 98.3 Å². The third-order valence-electron chi connectivity index (χ3n) is 2.50. The molecular formula is C14H11FO2. The third kappa shape index (κ3) is 2.69. The summed E-state index contributed by atoms with van der Waals surface area (Å²) < 4.78 is 13.2. The van der Waals surface area contributed by atoms with Gasteiger partial charge in [-0.2, -0.15) is 0 Å². The van der Waals surface area contributed by atoms with Crippen molar-refractivity contribution in [2.24, 2.45) is 0 Å². The van der Waals surface area contributed by atoms with Gasteiger partial charge in [-0.3, -0.25) is 4.79 Å². The van der Waals surface area contributed by atoms with E-state index in [1.807, 2.05) is 30.3 Å². The van der Waals surface area contributed by atoms with Gasteiger partial charge in [0.1, 0.15) is 5.82 Å². The fourth-order valence-corrected chi connectivity index (χ4v) is 1.75. The van der Waals surface area contributed by atoms with Crippen LogP contribution in [0.25, 0.3) is 11.1 Å². The van der Waals surface area contributed by atoms with E-state index < -0.39 is 5.97 Å². The summed E-state index contributed by atoms with van der Waals surface area (Å²) in [6.45, 7) is 0. The van der Waals surface area contributed by atoms with Crippen LogP contribution in [-0.2, 0) is 11.2 Å². The van der Waals surface area contributed by atoms with E-state index in [9.17, 15) is 9.18 Å². The number of benzene rings is 2. The minimum atomic E-state index is -0.922. The van der Waals surface area contributed by atoms with Gasteiger partial charge in [-0.25, -0.2) is 4.39 Å². The van der Waals surface area contributed by atoms with E-state index in [1.54, 1.807) is 0 Å². The second kappa shape index (κ2) is 4.78. The van der Waals surface area contributed by atoms with Crippen LogP contribution in [0.2, 0.25) is 0 Å². The summed E-state index contributed by atoms with van der Waals surface area (Å²) in [5, 5.41) is 8.81. The van der Waals surface area contributed by atoms with Gasteiger partial charge >= 0.3 is 5.97 Å². The zero-order valence-corrected chi connectivity index (χ0v) is 9.06. The molecule has 86 valence electrons. The first-order chi connectivity index (χ1) is 8.16. The molecule has 0 bridgehead atoms. The highest BCUT2D eigenvalue weighted by molar-refractivity contribution is 5.76. The van der Waals surface area contributed by atoms with Gasteiger partial charge < -0.3 is 5.11 Å². The average Bonchev–Trinajstić information content (AvgIpc) is 2.32. The van der Waals surface area contributed by atoms with E-state index in [2.05, 4.69) is 0 Å². The number of halogens is 1. The van der Waals surface area contributed by atoms with Crippen molar-refractivity contribution >= 4 is 5.97 Å². The van der Waals surface area contributed by atoms with Crippen LogP contribution in [0.1, 0.15) is 5.56 Å². The lowest BCUT2D eigenvalue weighted by Gasteiger charge is -2.08. The normalized spacial score (nSPS) is 10.2. The Kier molecular flexibility index (Phi) is 3.19. The monoisotopic (exact) mass is 230 g/mol. The van der Waals surface area contributed by atoms with E-state index >= 15 is 0 Å². The largest absolute Gasteiger partial charge is 0.481 e. The Balaban J connectivity index is 2.51. The van der Waals surface area contributed by atoms with Gasteiger partial charge in [-0.15, -0.1) is 0 Å². The summed E-state index contributed by atoms with van der Waals surface area (Å²) in [6, 6.07) is 13.4. The predicted octanol–water partition coefficient (Wildman–Crippen LogP) is 3.12. The molecular weight excluding hydrogens is 219 g/mol. The highest BCUT2D eigenvalue weighted by Crippen LogP contribution is 2.25. The van der Waals surface area contributed by atoms with Gasteiger partial charge in [0.05, 0.1) is 6.42 Å². The zero-order valence-electron chi connectivity index (χ0n) is 9.06. The lowest BCUT2D eigenvalue weighted by molar-refractivity contribution is -0.136. The van der Waals surface area contributed by atoms with Crippen molar-refractivity contribution in [1.29, 1.82) is 0 Å². The van der Waals surface area contributed by atoms with Gasteiger partial charge in [-0.1, -0.05) is 36.4 Å². The molecule has 1 N–H and O–H groups in total. The maximum atomic E-state index is 13.2. The number of carbonyl (C=O) groups is 1. The van der Waals surface area contributed by atoms with Crippen molar-refractivity contribution < 1.29 is 14.3 Å². The standard InChI is InChI=1S/C14H11FO2/c15-12-7-6-11(8-14(16)17)13(9-12)10-4-2-1-3-5-10/h1-7,9H,8H2,(H,16,17). The van der Waals surface area contributed by atoms with Crippen molar-refractivity contribution in [3.63, 3.8) is 0 Å². The fraction of sp³-hybridized carbons (Fsp3) is 0.0714. The molecule has 2 aromatic rings. The van der Waals surface area contributed by atoms with Crippen LogP contribution in [0, 0.1) is 5.82 Å². The number of hydrogen-bond donors (Lipinski definition) is 1. The Morgan fingerprint density at radius 3 is 2.47 bits per heavy atom. The molecule has 2 aromatic carbocycles. The number of rotatable bonds is 3. The molecule has 3 heteroatoms. The average molecular weight is 230 g/mol. The molecule has 0 aliphatic heterocycles. The molecule has 0 radical (unpaired) electrons. The number of carboxylic acids is 1. The molecule has 0 aromatic heterocycles. The van der Waals surface area contributed by atoms with E-state index in [4.69, 9.17) is 5.11 Å². The third-order valence-corrected chi connectivity index (χ3v) is 2.50. The smallest absolute Gasteiger partial charge is 0.307 e. The van der Waals surface area contributed by atoms with Gasteiger partial charge in [-0.05, 0) is 28.8 Å². The van der Waals surface area contributed by atoms with Crippen molar-refractivity contribution in [3.8, 4) is 11.1 Å². The molecule has 0 heterocycles.